The van der Waals surface area contributed by atoms with Crippen LogP contribution in [0.5, 0.6) is 0 Å². The summed E-state index contributed by atoms with van der Waals surface area (Å²) in [5, 5.41) is 5.70. The van der Waals surface area contributed by atoms with Crippen molar-refractivity contribution in [2.75, 3.05) is 0 Å². The molecule has 0 aliphatic rings. The van der Waals surface area contributed by atoms with Gasteiger partial charge < -0.3 is 10.6 Å². The molecule has 0 bridgehead atoms. The van der Waals surface area contributed by atoms with Crippen LogP contribution in [0.3, 0.4) is 0 Å². The Hall–Kier alpha value is -3.47. The van der Waals surface area contributed by atoms with Gasteiger partial charge in [-0.15, -0.1) is 0 Å². The van der Waals surface area contributed by atoms with Crippen molar-refractivity contribution in [3.05, 3.63) is 102 Å². The molecule has 0 saturated carbocycles. The molecule has 1 heterocycles. The van der Waals surface area contributed by atoms with Gasteiger partial charge in [-0.2, -0.15) is 0 Å². The van der Waals surface area contributed by atoms with Gasteiger partial charge in [0.1, 0.15) is 6.04 Å². The SMILES string of the molecule is O=C(NC(C(=O)NCc1ccncc1)c1ccccc1)c1ccccc1. The van der Waals surface area contributed by atoms with E-state index in [0.29, 0.717) is 12.1 Å². The van der Waals surface area contributed by atoms with Crippen molar-refractivity contribution in [2.45, 2.75) is 12.6 Å². The van der Waals surface area contributed by atoms with E-state index < -0.39 is 6.04 Å². The van der Waals surface area contributed by atoms with Crippen molar-refractivity contribution in [2.24, 2.45) is 0 Å². The number of rotatable bonds is 6. The van der Waals surface area contributed by atoms with Gasteiger partial charge >= 0.3 is 0 Å². The Labute approximate surface area is 152 Å². The largest absolute Gasteiger partial charge is 0.350 e. The van der Waals surface area contributed by atoms with E-state index in [9.17, 15) is 9.59 Å². The lowest BCUT2D eigenvalue weighted by Gasteiger charge is -2.19. The van der Waals surface area contributed by atoms with Crippen LogP contribution in [-0.4, -0.2) is 16.8 Å². The molecule has 1 atom stereocenters. The van der Waals surface area contributed by atoms with E-state index in [1.165, 1.54) is 0 Å². The molecule has 2 amide bonds. The molecular formula is C21H19N3O2. The normalized spacial score (nSPS) is 11.4. The summed E-state index contributed by atoms with van der Waals surface area (Å²) in [6, 6.07) is 20.9. The smallest absolute Gasteiger partial charge is 0.252 e. The minimum atomic E-state index is -0.772. The Balaban J connectivity index is 1.75. The average Bonchev–Trinajstić information content (AvgIpc) is 2.72. The number of hydrogen-bond acceptors (Lipinski definition) is 3. The van der Waals surface area contributed by atoms with Gasteiger partial charge in [-0.25, -0.2) is 0 Å². The zero-order valence-electron chi connectivity index (χ0n) is 14.1. The number of aromatic nitrogens is 1. The Morgan fingerprint density at radius 1 is 0.846 bits per heavy atom. The van der Waals surface area contributed by atoms with Crippen LogP contribution in [0.1, 0.15) is 27.5 Å². The average molecular weight is 345 g/mol. The van der Waals surface area contributed by atoms with E-state index >= 15 is 0 Å². The lowest BCUT2D eigenvalue weighted by molar-refractivity contribution is -0.123. The molecule has 1 aromatic heterocycles. The van der Waals surface area contributed by atoms with E-state index in [2.05, 4.69) is 15.6 Å². The van der Waals surface area contributed by atoms with E-state index in [-0.39, 0.29) is 11.8 Å². The second-order valence-electron chi connectivity index (χ2n) is 5.76. The number of benzene rings is 2. The maximum Gasteiger partial charge on any atom is 0.252 e. The predicted octanol–water partition coefficient (Wildman–Crippen LogP) is 2.87. The highest BCUT2D eigenvalue weighted by atomic mass is 16.2. The second kappa shape index (κ2) is 8.58. The fourth-order valence-corrected chi connectivity index (χ4v) is 2.54. The molecule has 3 aromatic rings. The van der Waals surface area contributed by atoms with Crippen LogP contribution in [0.2, 0.25) is 0 Å². The highest BCUT2D eigenvalue weighted by Crippen LogP contribution is 2.14. The summed E-state index contributed by atoms with van der Waals surface area (Å²) in [5.41, 5.74) is 2.17. The van der Waals surface area contributed by atoms with Crippen molar-refractivity contribution in [3.63, 3.8) is 0 Å². The van der Waals surface area contributed by atoms with Gasteiger partial charge in [0.15, 0.2) is 0 Å². The van der Waals surface area contributed by atoms with Gasteiger partial charge in [0.25, 0.3) is 5.91 Å². The van der Waals surface area contributed by atoms with Crippen LogP contribution >= 0.6 is 0 Å². The minimum absolute atomic E-state index is 0.266. The number of amides is 2. The minimum Gasteiger partial charge on any atom is -0.350 e. The van der Waals surface area contributed by atoms with Crippen LogP contribution in [0.15, 0.2) is 85.2 Å². The highest BCUT2D eigenvalue weighted by Gasteiger charge is 2.23. The van der Waals surface area contributed by atoms with Gasteiger partial charge in [0.2, 0.25) is 5.91 Å². The number of carbonyl (C=O) groups excluding carboxylic acids is 2. The van der Waals surface area contributed by atoms with Crippen molar-refractivity contribution in [1.82, 2.24) is 15.6 Å². The highest BCUT2D eigenvalue weighted by molar-refractivity contribution is 5.97. The van der Waals surface area contributed by atoms with E-state index in [1.807, 2.05) is 48.5 Å². The first-order chi connectivity index (χ1) is 12.7. The summed E-state index contributed by atoms with van der Waals surface area (Å²) in [6.45, 7) is 0.367. The maximum absolute atomic E-state index is 12.7. The molecule has 0 saturated heterocycles. The molecule has 0 spiro atoms. The molecule has 5 nitrogen and oxygen atoms in total. The topological polar surface area (TPSA) is 71.1 Å². The first-order valence-corrected chi connectivity index (χ1v) is 8.31. The number of carbonyl (C=O) groups is 2. The quantitative estimate of drug-likeness (QED) is 0.722. The Kier molecular flexibility index (Phi) is 5.72. The first kappa shape index (κ1) is 17.4. The zero-order valence-corrected chi connectivity index (χ0v) is 14.1. The van der Waals surface area contributed by atoms with Crippen LogP contribution < -0.4 is 10.6 Å². The number of nitrogens with one attached hydrogen (secondary N) is 2. The van der Waals surface area contributed by atoms with Gasteiger partial charge in [0, 0.05) is 24.5 Å². The monoisotopic (exact) mass is 345 g/mol. The zero-order chi connectivity index (χ0) is 18.2. The summed E-state index contributed by atoms with van der Waals surface area (Å²) >= 11 is 0. The number of pyridine rings is 1. The van der Waals surface area contributed by atoms with Crippen LogP contribution in [0, 0.1) is 0 Å². The molecule has 26 heavy (non-hydrogen) atoms. The van der Waals surface area contributed by atoms with Gasteiger partial charge in [-0.1, -0.05) is 48.5 Å². The molecule has 0 aliphatic carbocycles. The van der Waals surface area contributed by atoms with Gasteiger partial charge in [-0.05, 0) is 35.4 Å². The molecule has 2 aromatic carbocycles. The van der Waals surface area contributed by atoms with Crippen LogP contribution in [0.4, 0.5) is 0 Å². The van der Waals surface area contributed by atoms with Crippen molar-refractivity contribution >= 4 is 11.8 Å². The summed E-state index contributed by atoms with van der Waals surface area (Å²) in [6.07, 6.45) is 3.35. The van der Waals surface area contributed by atoms with E-state index in [0.717, 1.165) is 11.1 Å². The van der Waals surface area contributed by atoms with Crippen LogP contribution in [-0.2, 0) is 11.3 Å². The molecule has 130 valence electrons. The lowest BCUT2D eigenvalue weighted by atomic mass is 10.1. The molecule has 0 aliphatic heterocycles. The standard InChI is InChI=1S/C21H19N3O2/c25-20(18-9-5-2-6-10-18)24-19(17-7-3-1-4-8-17)21(26)23-15-16-11-13-22-14-12-16/h1-14,19H,15H2,(H,23,26)(H,24,25). The summed E-state index contributed by atoms with van der Waals surface area (Å²) in [4.78, 5) is 29.2. The summed E-state index contributed by atoms with van der Waals surface area (Å²) < 4.78 is 0. The number of hydrogen-bond donors (Lipinski definition) is 2. The molecule has 5 heteroatoms. The molecule has 3 rings (SSSR count). The molecule has 2 N–H and O–H groups in total. The van der Waals surface area contributed by atoms with E-state index in [1.54, 1.807) is 36.7 Å². The third-order valence-electron chi connectivity index (χ3n) is 3.92. The first-order valence-electron chi connectivity index (χ1n) is 8.31. The lowest BCUT2D eigenvalue weighted by Crippen LogP contribution is -2.40. The van der Waals surface area contributed by atoms with Crippen molar-refractivity contribution < 1.29 is 9.59 Å². The molecular weight excluding hydrogens is 326 g/mol. The van der Waals surface area contributed by atoms with Crippen molar-refractivity contribution in [3.8, 4) is 0 Å². The Bertz CT molecular complexity index is 852. The van der Waals surface area contributed by atoms with Gasteiger partial charge in [0.05, 0.1) is 0 Å². The molecule has 0 radical (unpaired) electrons. The van der Waals surface area contributed by atoms with Crippen LogP contribution in [0.25, 0.3) is 0 Å². The van der Waals surface area contributed by atoms with E-state index in [4.69, 9.17) is 0 Å². The predicted molar refractivity (Wildman–Crippen MR) is 99.2 cm³/mol. The van der Waals surface area contributed by atoms with Gasteiger partial charge in [-0.3, -0.25) is 14.6 Å². The fourth-order valence-electron chi connectivity index (χ4n) is 2.54. The summed E-state index contributed by atoms with van der Waals surface area (Å²) in [5.74, 6) is -0.559. The molecule has 0 fully saturated rings. The maximum atomic E-state index is 12.7. The Morgan fingerprint density at radius 2 is 1.46 bits per heavy atom. The van der Waals surface area contributed by atoms with Crippen molar-refractivity contribution in [1.29, 1.82) is 0 Å². The Morgan fingerprint density at radius 3 is 2.12 bits per heavy atom. The number of nitrogens with zero attached hydrogens (tertiary/aromatic N) is 1. The third-order valence-corrected chi connectivity index (χ3v) is 3.92. The second-order valence-corrected chi connectivity index (χ2v) is 5.76. The fraction of sp³-hybridized carbons (Fsp3) is 0.0952. The summed E-state index contributed by atoms with van der Waals surface area (Å²) in [7, 11) is 0. The third kappa shape index (κ3) is 4.54. The molecule has 1 unspecified atom stereocenters.